The van der Waals surface area contributed by atoms with E-state index in [1.807, 2.05) is 13.8 Å². The van der Waals surface area contributed by atoms with Crippen LogP contribution in [-0.2, 0) is 14.3 Å². The molecule has 1 aromatic heterocycles. The summed E-state index contributed by atoms with van der Waals surface area (Å²) < 4.78 is 4.54. The largest absolute Gasteiger partial charge is 0.469 e. The minimum absolute atomic E-state index is 0.110. The first-order valence-electron chi connectivity index (χ1n) is 9.09. The van der Waals surface area contributed by atoms with Gasteiger partial charge in [0.25, 0.3) is 5.91 Å². The van der Waals surface area contributed by atoms with Crippen LogP contribution in [0.4, 0.5) is 0 Å². The van der Waals surface area contributed by atoms with Gasteiger partial charge in [0.15, 0.2) is 0 Å². The summed E-state index contributed by atoms with van der Waals surface area (Å²) in [5.74, 6) is -1.18. The Balaban J connectivity index is 1.93. The second-order valence-electron chi connectivity index (χ2n) is 6.91. The Morgan fingerprint density at radius 1 is 1.22 bits per heavy atom. The van der Waals surface area contributed by atoms with Crippen molar-refractivity contribution in [2.45, 2.75) is 51.7 Å². The third kappa shape index (κ3) is 6.02. The van der Waals surface area contributed by atoms with Crippen LogP contribution in [0.2, 0.25) is 0 Å². The Kier molecular flexibility index (Phi) is 7.29. The predicted molar refractivity (Wildman–Crippen MR) is 98.0 cm³/mol. The molecular weight excluding hydrogens is 350 g/mol. The van der Waals surface area contributed by atoms with Crippen molar-refractivity contribution in [2.24, 2.45) is 5.92 Å². The number of aryl methyl sites for hydroxylation is 2. The first-order chi connectivity index (χ1) is 12.8. The molecule has 0 radical (unpaired) electrons. The first kappa shape index (κ1) is 20.8. The van der Waals surface area contributed by atoms with Gasteiger partial charge >= 0.3 is 5.97 Å². The number of hydrogen-bond acceptors (Lipinski definition) is 6. The summed E-state index contributed by atoms with van der Waals surface area (Å²) in [7, 11) is 1.30. The number of amides is 2. The molecule has 8 heteroatoms. The van der Waals surface area contributed by atoms with Crippen molar-refractivity contribution >= 4 is 17.8 Å². The fraction of sp³-hybridized carbons (Fsp3) is 0.579. The minimum atomic E-state index is -0.697. The van der Waals surface area contributed by atoms with Gasteiger partial charge < -0.3 is 20.5 Å². The summed E-state index contributed by atoms with van der Waals surface area (Å²) in [6, 6.07) is 2.87. The zero-order valence-corrected chi connectivity index (χ0v) is 15.9. The summed E-state index contributed by atoms with van der Waals surface area (Å²) in [4.78, 5) is 40.2. The van der Waals surface area contributed by atoms with E-state index in [2.05, 4.69) is 20.4 Å². The third-order valence-corrected chi connectivity index (χ3v) is 4.70. The smallest absolute Gasteiger partial charge is 0.307 e. The molecule has 8 nitrogen and oxygen atoms in total. The number of carbonyl (C=O) groups is 3. The summed E-state index contributed by atoms with van der Waals surface area (Å²) in [6.45, 7) is 3.83. The summed E-state index contributed by atoms with van der Waals surface area (Å²) in [6.07, 6.45) is 0.718. The second kappa shape index (κ2) is 9.45. The Morgan fingerprint density at radius 2 is 1.89 bits per heavy atom. The summed E-state index contributed by atoms with van der Waals surface area (Å²) in [5, 5.41) is 15.8. The van der Waals surface area contributed by atoms with Crippen molar-refractivity contribution < 1.29 is 24.2 Å². The van der Waals surface area contributed by atoms with Crippen molar-refractivity contribution in [2.75, 3.05) is 13.7 Å². The molecule has 1 heterocycles. The molecule has 0 spiro atoms. The SMILES string of the molecule is COC(=O)CCNC(=O)[C@H]1CC[C@@H](O)[C@H](NC(=O)c2cc(C)nc(C)c2)C1. The number of pyridine rings is 1. The van der Waals surface area contributed by atoms with Gasteiger partial charge in [-0.2, -0.15) is 0 Å². The molecule has 2 amide bonds. The van der Waals surface area contributed by atoms with E-state index in [1.165, 1.54) is 7.11 Å². The lowest BCUT2D eigenvalue weighted by molar-refractivity contribution is -0.140. The van der Waals surface area contributed by atoms with E-state index in [4.69, 9.17) is 0 Å². The van der Waals surface area contributed by atoms with Crippen LogP contribution < -0.4 is 10.6 Å². The number of rotatable bonds is 6. The van der Waals surface area contributed by atoms with Gasteiger partial charge in [-0.1, -0.05) is 0 Å². The van der Waals surface area contributed by atoms with Crippen LogP contribution in [0, 0.1) is 19.8 Å². The standard InChI is InChI=1S/C19H27N3O5/c1-11-8-14(9-12(2)21-11)19(26)22-15-10-13(4-5-16(15)23)18(25)20-7-6-17(24)27-3/h8-9,13,15-16,23H,4-7,10H2,1-3H3,(H,20,25)(H,22,26)/t13-,15+,16+/m0/s1. The van der Waals surface area contributed by atoms with E-state index in [9.17, 15) is 19.5 Å². The van der Waals surface area contributed by atoms with E-state index >= 15 is 0 Å². The van der Waals surface area contributed by atoms with Crippen LogP contribution in [0.25, 0.3) is 0 Å². The van der Waals surface area contributed by atoms with E-state index in [1.54, 1.807) is 12.1 Å². The fourth-order valence-electron chi connectivity index (χ4n) is 3.30. The topological polar surface area (TPSA) is 118 Å². The number of aliphatic hydroxyl groups excluding tert-OH is 1. The highest BCUT2D eigenvalue weighted by Gasteiger charge is 2.34. The second-order valence-corrected chi connectivity index (χ2v) is 6.91. The van der Waals surface area contributed by atoms with Crippen LogP contribution >= 0.6 is 0 Å². The maximum absolute atomic E-state index is 12.5. The van der Waals surface area contributed by atoms with E-state index in [0.717, 1.165) is 11.4 Å². The zero-order valence-electron chi connectivity index (χ0n) is 15.9. The van der Waals surface area contributed by atoms with Gasteiger partial charge in [-0.3, -0.25) is 19.4 Å². The molecule has 1 saturated carbocycles. The molecule has 0 aliphatic heterocycles. The van der Waals surface area contributed by atoms with Gasteiger partial charge in [-0.05, 0) is 45.2 Å². The van der Waals surface area contributed by atoms with Gasteiger partial charge in [-0.25, -0.2) is 0 Å². The minimum Gasteiger partial charge on any atom is -0.469 e. The average Bonchev–Trinajstić information content (AvgIpc) is 2.62. The molecular formula is C19H27N3O5. The van der Waals surface area contributed by atoms with Gasteiger partial charge in [0, 0.05) is 29.4 Å². The Bertz CT molecular complexity index is 686. The number of nitrogens with zero attached hydrogens (tertiary/aromatic N) is 1. The van der Waals surface area contributed by atoms with E-state index in [-0.39, 0.29) is 36.7 Å². The normalized spacial score (nSPS) is 22.0. The predicted octanol–water partition coefficient (Wildman–Crippen LogP) is 0.637. The molecule has 3 atom stereocenters. The highest BCUT2D eigenvalue weighted by molar-refractivity contribution is 5.94. The zero-order chi connectivity index (χ0) is 20.0. The molecule has 0 saturated heterocycles. The molecule has 1 aromatic rings. The van der Waals surface area contributed by atoms with Gasteiger partial charge in [0.05, 0.1) is 25.7 Å². The number of aromatic nitrogens is 1. The third-order valence-electron chi connectivity index (χ3n) is 4.70. The quantitative estimate of drug-likeness (QED) is 0.626. The Hall–Kier alpha value is -2.48. The number of esters is 1. The highest BCUT2D eigenvalue weighted by Crippen LogP contribution is 2.25. The van der Waals surface area contributed by atoms with E-state index < -0.39 is 12.1 Å². The molecule has 2 rings (SSSR count). The number of nitrogens with one attached hydrogen (secondary N) is 2. The molecule has 0 unspecified atom stereocenters. The molecule has 0 bridgehead atoms. The molecule has 148 valence electrons. The van der Waals surface area contributed by atoms with Crippen LogP contribution in [0.5, 0.6) is 0 Å². The van der Waals surface area contributed by atoms with Crippen LogP contribution in [0.3, 0.4) is 0 Å². The van der Waals surface area contributed by atoms with Gasteiger partial charge in [-0.15, -0.1) is 0 Å². The summed E-state index contributed by atoms with van der Waals surface area (Å²) in [5.41, 5.74) is 1.97. The van der Waals surface area contributed by atoms with Crippen LogP contribution in [0.1, 0.15) is 47.4 Å². The van der Waals surface area contributed by atoms with E-state index in [0.29, 0.717) is 24.8 Å². The maximum atomic E-state index is 12.5. The van der Waals surface area contributed by atoms with Gasteiger partial charge in [0.2, 0.25) is 5.91 Å². The Labute approximate surface area is 158 Å². The van der Waals surface area contributed by atoms with Crippen LogP contribution in [-0.4, -0.2) is 53.7 Å². The number of methoxy groups -OCH3 is 1. The first-order valence-corrected chi connectivity index (χ1v) is 9.09. The van der Waals surface area contributed by atoms with Gasteiger partial charge in [0.1, 0.15) is 0 Å². The molecule has 3 N–H and O–H groups in total. The molecule has 1 aliphatic rings. The van der Waals surface area contributed by atoms with Crippen molar-refractivity contribution in [3.63, 3.8) is 0 Å². The highest BCUT2D eigenvalue weighted by atomic mass is 16.5. The molecule has 1 fully saturated rings. The maximum Gasteiger partial charge on any atom is 0.307 e. The van der Waals surface area contributed by atoms with Crippen molar-refractivity contribution in [3.8, 4) is 0 Å². The number of ether oxygens (including phenoxy) is 1. The number of carbonyl (C=O) groups excluding carboxylic acids is 3. The average molecular weight is 377 g/mol. The number of hydrogen-bond donors (Lipinski definition) is 3. The lowest BCUT2D eigenvalue weighted by atomic mass is 9.83. The summed E-state index contributed by atoms with van der Waals surface area (Å²) >= 11 is 0. The number of aliphatic hydroxyl groups is 1. The monoisotopic (exact) mass is 377 g/mol. The molecule has 27 heavy (non-hydrogen) atoms. The molecule has 1 aliphatic carbocycles. The Morgan fingerprint density at radius 3 is 2.52 bits per heavy atom. The lowest BCUT2D eigenvalue weighted by Crippen LogP contribution is -2.49. The van der Waals surface area contributed by atoms with Crippen molar-refractivity contribution in [3.05, 3.63) is 29.1 Å². The molecule has 0 aromatic carbocycles. The van der Waals surface area contributed by atoms with Crippen molar-refractivity contribution in [1.82, 2.24) is 15.6 Å². The fourth-order valence-corrected chi connectivity index (χ4v) is 3.30. The lowest BCUT2D eigenvalue weighted by Gasteiger charge is -2.33. The van der Waals surface area contributed by atoms with Crippen molar-refractivity contribution in [1.29, 1.82) is 0 Å². The van der Waals surface area contributed by atoms with Crippen LogP contribution in [0.15, 0.2) is 12.1 Å².